The van der Waals surface area contributed by atoms with Crippen molar-refractivity contribution < 1.29 is 9.53 Å². The molecule has 4 heteroatoms. The molecule has 0 atom stereocenters. The van der Waals surface area contributed by atoms with Crippen molar-refractivity contribution in [1.82, 2.24) is 0 Å². The average molecular weight is 224 g/mol. The van der Waals surface area contributed by atoms with E-state index in [4.69, 9.17) is 18.2 Å². The summed E-state index contributed by atoms with van der Waals surface area (Å²) >= 11 is 5.93. The minimum Gasteiger partial charge on any atom is -0.469 e. The van der Waals surface area contributed by atoms with Gasteiger partial charge in [0.1, 0.15) is 0 Å². The van der Waals surface area contributed by atoms with E-state index in [9.17, 15) is 4.79 Å². The van der Waals surface area contributed by atoms with E-state index in [-0.39, 0.29) is 12.4 Å². The molecule has 0 heterocycles. The number of carbonyl (C=O) groups excluding carboxylic acids is 1. The van der Waals surface area contributed by atoms with E-state index in [0.29, 0.717) is 16.3 Å². The van der Waals surface area contributed by atoms with Gasteiger partial charge in [-0.15, -0.1) is 0 Å². The van der Waals surface area contributed by atoms with Gasteiger partial charge in [0.2, 0.25) is 0 Å². The first kappa shape index (κ1) is 11.5. The van der Waals surface area contributed by atoms with Crippen molar-refractivity contribution in [3.8, 4) is 0 Å². The van der Waals surface area contributed by atoms with Crippen molar-refractivity contribution in [3.05, 3.63) is 39.7 Å². The van der Waals surface area contributed by atoms with Crippen molar-refractivity contribution in [2.75, 3.05) is 7.11 Å². The Morgan fingerprint density at radius 3 is 2.80 bits per heavy atom. The third-order valence-electron chi connectivity index (χ3n) is 2.05. The van der Waals surface area contributed by atoms with Crippen LogP contribution in [0.3, 0.4) is 0 Å². The molecule has 1 aromatic carbocycles. The standard InChI is InChI=1S/C11H10ClNO2/c1-7-4-8(5-11(14)15-3)9(12)6-10(7)13-2/h4,6H,5H2,1,3H3. The molecule has 15 heavy (non-hydrogen) atoms. The van der Waals surface area contributed by atoms with Crippen molar-refractivity contribution in [1.29, 1.82) is 0 Å². The first-order valence-electron chi connectivity index (χ1n) is 4.31. The van der Waals surface area contributed by atoms with Crippen LogP contribution < -0.4 is 0 Å². The third kappa shape index (κ3) is 2.71. The molecule has 78 valence electrons. The number of hydrogen-bond acceptors (Lipinski definition) is 2. The number of hydrogen-bond donors (Lipinski definition) is 0. The largest absolute Gasteiger partial charge is 0.469 e. The van der Waals surface area contributed by atoms with Crippen molar-refractivity contribution in [2.24, 2.45) is 0 Å². The van der Waals surface area contributed by atoms with Crippen LogP contribution in [0.1, 0.15) is 11.1 Å². The monoisotopic (exact) mass is 223 g/mol. The van der Waals surface area contributed by atoms with Crippen molar-refractivity contribution in [2.45, 2.75) is 13.3 Å². The molecule has 0 bridgehead atoms. The van der Waals surface area contributed by atoms with Crippen LogP contribution in [-0.4, -0.2) is 13.1 Å². The zero-order valence-electron chi connectivity index (χ0n) is 8.50. The Morgan fingerprint density at radius 2 is 2.27 bits per heavy atom. The van der Waals surface area contributed by atoms with Crippen molar-refractivity contribution in [3.63, 3.8) is 0 Å². The summed E-state index contributed by atoms with van der Waals surface area (Å²) in [5, 5.41) is 0.428. The summed E-state index contributed by atoms with van der Waals surface area (Å²) in [6.07, 6.45) is 0.133. The Kier molecular flexibility index (Phi) is 3.70. The van der Waals surface area contributed by atoms with Gasteiger partial charge < -0.3 is 4.74 Å². The minimum absolute atomic E-state index is 0.133. The van der Waals surface area contributed by atoms with Crippen LogP contribution in [-0.2, 0) is 16.0 Å². The molecule has 0 aliphatic rings. The van der Waals surface area contributed by atoms with Gasteiger partial charge in [-0.25, -0.2) is 4.85 Å². The Bertz CT molecular complexity index is 435. The molecule has 0 fully saturated rings. The fourth-order valence-corrected chi connectivity index (χ4v) is 1.44. The van der Waals surface area contributed by atoms with Crippen LogP contribution >= 0.6 is 11.6 Å². The maximum atomic E-state index is 11.1. The fraction of sp³-hybridized carbons (Fsp3) is 0.273. The lowest BCUT2D eigenvalue weighted by Gasteiger charge is -2.06. The maximum absolute atomic E-state index is 11.1. The second-order valence-corrected chi connectivity index (χ2v) is 3.50. The van der Waals surface area contributed by atoms with E-state index in [1.807, 2.05) is 6.92 Å². The second-order valence-electron chi connectivity index (χ2n) is 3.09. The van der Waals surface area contributed by atoms with Gasteiger partial charge in [0.25, 0.3) is 0 Å². The smallest absolute Gasteiger partial charge is 0.310 e. The van der Waals surface area contributed by atoms with Crippen LogP contribution in [0.2, 0.25) is 5.02 Å². The Morgan fingerprint density at radius 1 is 1.60 bits per heavy atom. The number of carbonyl (C=O) groups is 1. The molecule has 0 spiro atoms. The highest BCUT2D eigenvalue weighted by Crippen LogP contribution is 2.27. The summed E-state index contributed by atoms with van der Waals surface area (Å²) in [5.74, 6) is -0.341. The van der Waals surface area contributed by atoms with Crippen LogP contribution in [0.25, 0.3) is 4.85 Å². The number of benzene rings is 1. The topological polar surface area (TPSA) is 30.7 Å². The van der Waals surface area contributed by atoms with E-state index in [1.54, 1.807) is 12.1 Å². The molecular formula is C11H10ClNO2. The number of halogens is 1. The van der Waals surface area contributed by atoms with Gasteiger partial charge in [-0.1, -0.05) is 17.7 Å². The van der Waals surface area contributed by atoms with Gasteiger partial charge in [0.05, 0.1) is 20.1 Å². The predicted molar refractivity (Wildman–Crippen MR) is 58.2 cm³/mol. The summed E-state index contributed by atoms with van der Waals surface area (Å²) < 4.78 is 4.55. The highest BCUT2D eigenvalue weighted by atomic mass is 35.5. The van der Waals surface area contributed by atoms with Gasteiger partial charge in [-0.05, 0) is 24.1 Å². The highest BCUT2D eigenvalue weighted by Gasteiger charge is 2.09. The predicted octanol–water partition coefficient (Wildman–Crippen LogP) is 2.91. The normalized spacial score (nSPS) is 9.47. The zero-order chi connectivity index (χ0) is 11.4. The second kappa shape index (κ2) is 4.81. The summed E-state index contributed by atoms with van der Waals surface area (Å²) in [6.45, 7) is 8.71. The lowest BCUT2D eigenvalue weighted by atomic mass is 10.1. The van der Waals surface area contributed by atoms with Gasteiger partial charge in [-0.2, -0.15) is 0 Å². The number of methoxy groups -OCH3 is 1. The zero-order valence-corrected chi connectivity index (χ0v) is 9.26. The average Bonchev–Trinajstić information content (AvgIpc) is 2.22. The summed E-state index contributed by atoms with van der Waals surface area (Å²) in [6, 6.07) is 3.31. The van der Waals surface area contributed by atoms with Gasteiger partial charge in [0.15, 0.2) is 5.69 Å². The van der Waals surface area contributed by atoms with E-state index in [2.05, 4.69) is 9.58 Å². The summed E-state index contributed by atoms with van der Waals surface area (Å²) in [5.41, 5.74) is 2.01. The van der Waals surface area contributed by atoms with Gasteiger partial charge in [-0.3, -0.25) is 4.79 Å². The Balaban J connectivity index is 3.06. The number of nitrogens with zero attached hydrogens (tertiary/aromatic N) is 1. The fourth-order valence-electron chi connectivity index (χ4n) is 1.21. The van der Waals surface area contributed by atoms with E-state index >= 15 is 0 Å². The SMILES string of the molecule is [C-]#[N+]c1cc(Cl)c(CC(=O)OC)cc1C. The van der Waals surface area contributed by atoms with Crippen molar-refractivity contribution >= 4 is 23.3 Å². The third-order valence-corrected chi connectivity index (χ3v) is 2.40. The van der Waals surface area contributed by atoms with Gasteiger partial charge >= 0.3 is 5.97 Å². The quantitative estimate of drug-likeness (QED) is 0.570. The lowest BCUT2D eigenvalue weighted by Crippen LogP contribution is -2.05. The number of ether oxygens (including phenoxy) is 1. The molecular weight excluding hydrogens is 214 g/mol. The molecule has 0 saturated carbocycles. The minimum atomic E-state index is -0.341. The molecule has 0 aromatic heterocycles. The molecule has 0 aliphatic heterocycles. The molecule has 3 nitrogen and oxygen atoms in total. The van der Waals surface area contributed by atoms with Gasteiger partial charge in [0, 0.05) is 5.02 Å². The number of aryl methyl sites for hydroxylation is 1. The maximum Gasteiger partial charge on any atom is 0.310 e. The summed E-state index contributed by atoms with van der Waals surface area (Å²) in [7, 11) is 1.33. The molecule has 0 unspecified atom stereocenters. The summed E-state index contributed by atoms with van der Waals surface area (Å²) in [4.78, 5) is 14.4. The Labute approximate surface area is 93.4 Å². The lowest BCUT2D eigenvalue weighted by molar-refractivity contribution is -0.139. The van der Waals surface area contributed by atoms with E-state index < -0.39 is 0 Å². The molecule has 1 rings (SSSR count). The van der Waals surface area contributed by atoms with Crippen LogP contribution in [0, 0.1) is 13.5 Å². The molecule has 0 N–H and O–H groups in total. The first-order chi connectivity index (χ1) is 7.08. The Hall–Kier alpha value is -1.53. The highest BCUT2D eigenvalue weighted by molar-refractivity contribution is 6.31. The molecule has 1 aromatic rings. The van der Waals surface area contributed by atoms with E-state index in [0.717, 1.165) is 5.56 Å². The van der Waals surface area contributed by atoms with Crippen LogP contribution in [0.15, 0.2) is 12.1 Å². The molecule has 0 saturated heterocycles. The molecule has 0 radical (unpaired) electrons. The van der Waals surface area contributed by atoms with Crippen LogP contribution in [0.5, 0.6) is 0 Å². The first-order valence-corrected chi connectivity index (χ1v) is 4.69. The number of rotatable bonds is 2. The molecule has 0 amide bonds. The van der Waals surface area contributed by atoms with E-state index in [1.165, 1.54) is 7.11 Å². The number of esters is 1. The molecule has 0 aliphatic carbocycles. The van der Waals surface area contributed by atoms with Crippen LogP contribution in [0.4, 0.5) is 5.69 Å².